The highest BCUT2D eigenvalue weighted by molar-refractivity contribution is 5.97. The summed E-state index contributed by atoms with van der Waals surface area (Å²) in [7, 11) is 0. The number of carbonyl (C=O) groups excluding carboxylic acids is 1. The maximum Gasteiger partial charge on any atom is 0.272 e. The normalized spacial score (nSPS) is 13.9. The van der Waals surface area contributed by atoms with Crippen LogP contribution in [0.4, 0.5) is 14.5 Å². The fourth-order valence-corrected chi connectivity index (χ4v) is 1.89. The Morgan fingerprint density at radius 1 is 1.48 bits per heavy atom. The number of rotatable bonds is 7. The van der Waals surface area contributed by atoms with Gasteiger partial charge in [-0.05, 0) is 31.9 Å². The SMILES string of the molecule is CCCC(C)(N)C(=O)Nc1ccc(C)c(OCC(F)F)c1. The minimum Gasteiger partial charge on any atom is -0.487 e. The summed E-state index contributed by atoms with van der Waals surface area (Å²) in [5, 5.41) is 2.69. The number of aryl methyl sites for hydroxylation is 1. The molecule has 1 rings (SSSR count). The van der Waals surface area contributed by atoms with E-state index in [-0.39, 0.29) is 5.91 Å². The topological polar surface area (TPSA) is 64.4 Å². The first-order valence-electron chi connectivity index (χ1n) is 6.88. The lowest BCUT2D eigenvalue weighted by Crippen LogP contribution is -2.48. The van der Waals surface area contributed by atoms with Crippen molar-refractivity contribution in [1.82, 2.24) is 0 Å². The molecule has 0 spiro atoms. The molecule has 0 aliphatic rings. The van der Waals surface area contributed by atoms with Crippen LogP contribution in [-0.4, -0.2) is 24.5 Å². The van der Waals surface area contributed by atoms with E-state index >= 15 is 0 Å². The number of hydrogen-bond donors (Lipinski definition) is 2. The Balaban J connectivity index is 2.80. The molecule has 1 atom stereocenters. The van der Waals surface area contributed by atoms with Gasteiger partial charge in [-0.25, -0.2) is 8.78 Å². The van der Waals surface area contributed by atoms with Crippen LogP contribution in [0.15, 0.2) is 18.2 Å². The van der Waals surface area contributed by atoms with Gasteiger partial charge in [0.15, 0.2) is 0 Å². The Hall–Kier alpha value is -1.69. The zero-order valence-corrected chi connectivity index (χ0v) is 12.6. The molecular formula is C15H22F2N2O2. The highest BCUT2D eigenvalue weighted by atomic mass is 19.3. The van der Waals surface area contributed by atoms with E-state index in [1.54, 1.807) is 26.0 Å². The van der Waals surface area contributed by atoms with Gasteiger partial charge in [0.25, 0.3) is 6.43 Å². The number of amides is 1. The summed E-state index contributed by atoms with van der Waals surface area (Å²) in [4.78, 5) is 12.1. The first-order valence-corrected chi connectivity index (χ1v) is 6.88. The maximum atomic E-state index is 12.2. The average Bonchev–Trinajstić information content (AvgIpc) is 2.39. The van der Waals surface area contributed by atoms with E-state index in [1.807, 2.05) is 6.92 Å². The minimum absolute atomic E-state index is 0.312. The molecule has 3 N–H and O–H groups in total. The molecule has 6 heteroatoms. The molecule has 0 aliphatic carbocycles. The van der Waals surface area contributed by atoms with Crippen molar-refractivity contribution >= 4 is 11.6 Å². The minimum atomic E-state index is -2.54. The van der Waals surface area contributed by atoms with Gasteiger partial charge in [-0.15, -0.1) is 0 Å². The van der Waals surface area contributed by atoms with Crippen LogP contribution in [0.1, 0.15) is 32.3 Å². The standard InChI is InChI=1S/C15H22F2N2O2/c1-4-7-15(3,18)14(20)19-11-6-5-10(2)12(8-11)21-9-13(16)17/h5-6,8,13H,4,7,9,18H2,1-3H3,(H,19,20). The summed E-state index contributed by atoms with van der Waals surface area (Å²) >= 11 is 0. The first-order chi connectivity index (χ1) is 9.76. The Kier molecular flexibility index (Phi) is 6.08. The Bertz CT molecular complexity index is 491. The van der Waals surface area contributed by atoms with Crippen molar-refractivity contribution in [3.63, 3.8) is 0 Å². The Morgan fingerprint density at radius 3 is 2.71 bits per heavy atom. The fourth-order valence-electron chi connectivity index (χ4n) is 1.89. The van der Waals surface area contributed by atoms with E-state index in [0.717, 1.165) is 12.0 Å². The molecule has 0 bridgehead atoms. The highest BCUT2D eigenvalue weighted by Crippen LogP contribution is 2.24. The Labute approximate surface area is 123 Å². The second-order valence-corrected chi connectivity index (χ2v) is 5.30. The summed E-state index contributed by atoms with van der Waals surface area (Å²) in [6.45, 7) is 4.67. The number of benzene rings is 1. The second kappa shape index (κ2) is 7.36. The number of ether oxygens (including phenoxy) is 1. The molecule has 1 unspecified atom stereocenters. The molecule has 1 aromatic carbocycles. The molecule has 4 nitrogen and oxygen atoms in total. The third kappa shape index (κ3) is 5.30. The van der Waals surface area contributed by atoms with Crippen LogP contribution in [-0.2, 0) is 4.79 Å². The maximum absolute atomic E-state index is 12.2. The number of carbonyl (C=O) groups is 1. The Morgan fingerprint density at radius 2 is 2.14 bits per heavy atom. The average molecular weight is 300 g/mol. The zero-order valence-electron chi connectivity index (χ0n) is 12.6. The number of nitrogens with one attached hydrogen (secondary N) is 1. The molecule has 0 radical (unpaired) electrons. The molecule has 1 aromatic rings. The first kappa shape index (κ1) is 17.4. The van der Waals surface area contributed by atoms with E-state index < -0.39 is 18.6 Å². The number of anilines is 1. The predicted octanol–water partition coefficient (Wildman–Crippen LogP) is 3.09. The lowest BCUT2D eigenvalue weighted by atomic mass is 9.96. The van der Waals surface area contributed by atoms with Gasteiger partial charge in [-0.2, -0.15) is 0 Å². The largest absolute Gasteiger partial charge is 0.487 e. The van der Waals surface area contributed by atoms with E-state index in [1.165, 1.54) is 6.07 Å². The summed E-state index contributed by atoms with van der Waals surface area (Å²) in [5.41, 5.74) is 6.17. The van der Waals surface area contributed by atoms with Crippen molar-refractivity contribution in [2.45, 2.75) is 45.6 Å². The van der Waals surface area contributed by atoms with E-state index in [4.69, 9.17) is 10.5 Å². The lowest BCUT2D eigenvalue weighted by molar-refractivity contribution is -0.120. The van der Waals surface area contributed by atoms with Gasteiger partial charge >= 0.3 is 0 Å². The molecule has 1 amide bonds. The van der Waals surface area contributed by atoms with Crippen LogP contribution in [0.2, 0.25) is 0 Å². The number of halogens is 2. The van der Waals surface area contributed by atoms with Crippen molar-refractivity contribution in [3.8, 4) is 5.75 Å². The summed E-state index contributed by atoms with van der Waals surface area (Å²) in [6, 6.07) is 4.91. The van der Waals surface area contributed by atoms with Gasteiger partial charge in [-0.1, -0.05) is 19.4 Å². The van der Waals surface area contributed by atoms with E-state index in [9.17, 15) is 13.6 Å². The molecule has 21 heavy (non-hydrogen) atoms. The molecule has 0 fully saturated rings. The van der Waals surface area contributed by atoms with Crippen LogP contribution in [0, 0.1) is 6.92 Å². The van der Waals surface area contributed by atoms with Crippen molar-refractivity contribution < 1.29 is 18.3 Å². The molecule has 0 saturated heterocycles. The van der Waals surface area contributed by atoms with Crippen LogP contribution < -0.4 is 15.8 Å². The smallest absolute Gasteiger partial charge is 0.272 e. The third-order valence-electron chi connectivity index (χ3n) is 3.10. The monoisotopic (exact) mass is 300 g/mol. The van der Waals surface area contributed by atoms with Gasteiger partial charge in [0, 0.05) is 11.8 Å². The number of nitrogens with two attached hydrogens (primary N) is 1. The molecule has 0 saturated carbocycles. The van der Waals surface area contributed by atoms with Gasteiger partial charge in [-0.3, -0.25) is 4.79 Å². The van der Waals surface area contributed by atoms with Crippen LogP contribution >= 0.6 is 0 Å². The van der Waals surface area contributed by atoms with Gasteiger partial charge in [0.1, 0.15) is 12.4 Å². The van der Waals surface area contributed by atoms with E-state index in [2.05, 4.69) is 5.32 Å². The van der Waals surface area contributed by atoms with Crippen molar-refractivity contribution in [3.05, 3.63) is 23.8 Å². The molecular weight excluding hydrogens is 278 g/mol. The third-order valence-corrected chi connectivity index (χ3v) is 3.10. The van der Waals surface area contributed by atoms with Crippen LogP contribution in [0.25, 0.3) is 0 Å². The number of hydrogen-bond acceptors (Lipinski definition) is 3. The van der Waals surface area contributed by atoms with Crippen molar-refractivity contribution in [2.24, 2.45) is 5.73 Å². The molecule has 118 valence electrons. The van der Waals surface area contributed by atoms with Crippen LogP contribution in [0.3, 0.4) is 0 Å². The lowest BCUT2D eigenvalue weighted by Gasteiger charge is -2.23. The quantitative estimate of drug-likeness (QED) is 0.813. The summed E-state index contributed by atoms with van der Waals surface area (Å²) in [6.07, 6.45) is -1.20. The second-order valence-electron chi connectivity index (χ2n) is 5.30. The molecule has 0 heterocycles. The molecule has 0 aromatic heterocycles. The highest BCUT2D eigenvalue weighted by Gasteiger charge is 2.27. The predicted molar refractivity (Wildman–Crippen MR) is 78.8 cm³/mol. The van der Waals surface area contributed by atoms with E-state index in [0.29, 0.717) is 17.9 Å². The molecule has 0 aliphatic heterocycles. The van der Waals surface area contributed by atoms with Gasteiger partial charge in [0.05, 0.1) is 5.54 Å². The summed E-state index contributed by atoms with van der Waals surface area (Å²) in [5.74, 6) is 0.00956. The van der Waals surface area contributed by atoms with Crippen LogP contribution in [0.5, 0.6) is 5.75 Å². The number of alkyl halides is 2. The van der Waals surface area contributed by atoms with Crippen molar-refractivity contribution in [1.29, 1.82) is 0 Å². The summed E-state index contributed by atoms with van der Waals surface area (Å²) < 4.78 is 29.4. The van der Waals surface area contributed by atoms with Crippen molar-refractivity contribution in [2.75, 3.05) is 11.9 Å². The zero-order chi connectivity index (χ0) is 16.0. The van der Waals surface area contributed by atoms with Gasteiger partial charge in [0.2, 0.25) is 5.91 Å². The van der Waals surface area contributed by atoms with Gasteiger partial charge < -0.3 is 15.8 Å². The fraction of sp³-hybridized carbons (Fsp3) is 0.533.